The van der Waals surface area contributed by atoms with E-state index in [1.165, 1.54) is 0 Å². The molecule has 4 N–H and O–H groups in total. The maximum absolute atomic E-state index is 12.0. The molecule has 1 unspecified atom stereocenters. The summed E-state index contributed by atoms with van der Waals surface area (Å²) < 4.78 is 0. The molecule has 0 spiro atoms. The number of amides is 1. The number of aliphatic hydroxyl groups excluding tert-OH is 1. The number of carbonyl (C=O) groups excluding carboxylic acids is 1. The fourth-order valence-corrected chi connectivity index (χ4v) is 2.39. The van der Waals surface area contributed by atoms with Gasteiger partial charge in [-0.2, -0.15) is 0 Å². The first-order valence-electron chi connectivity index (χ1n) is 6.18. The third kappa shape index (κ3) is 2.95. The average Bonchev–Trinajstić information content (AvgIpc) is 2.67. The standard InChI is InChI=1S/C12H24N2O2/c1-3-6-11(2,13)10(16)14-12(9-15)7-4-5-8-12/h15H,3-9,13H2,1-2H3,(H,14,16). The minimum absolute atomic E-state index is 0.0148. The van der Waals surface area contributed by atoms with Crippen LogP contribution < -0.4 is 11.1 Å². The van der Waals surface area contributed by atoms with E-state index in [0.717, 1.165) is 32.1 Å². The minimum atomic E-state index is -0.820. The molecule has 0 aliphatic heterocycles. The van der Waals surface area contributed by atoms with Gasteiger partial charge in [-0.3, -0.25) is 4.79 Å². The summed E-state index contributed by atoms with van der Waals surface area (Å²) >= 11 is 0. The van der Waals surface area contributed by atoms with Gasteiger partial charge in [0, 0.05) is 0 Å². The van der Waals surface area contributed by atoms with Crippen LogP contribution in [0.1, 0.15) is 52.4 Å². The van der Waals surface area contributed by atoms with Crippen LogP contribution in [0, 0.1) is 0 Å². The number of rotatable bonds is 5. The molecule has 1 rings (SSSR count). The lowest BCUT2D eigenvalue weighted by Gasteiger charge is -2.33. The molecule has 1 amide bonds. The zero-order chi connectivity index (χ0) is 12.2. The summed E-state index contributed by atoms with van der Waals surface area (Å²) in [7, 11) is 0. The fraction of sp³-hybridized carbons (Fsp3) is 0.917. The lowest BCUT2D eigenvalue weighted by atomic mass is 9.92. The van der Waals surface area contributed by atoms with Crippen LogP contribution in [0.25, 0.3) is 0 Å². The van der Waals surface area contributed by atoms with E-state index in [1.807, 2.05) is 6.92 Å². The second-order valence-electron chi connectivity index (χ2n) is 5.27. The first-order chi connectivity index (χ1) is 7.46. The Labute approximate surface area is 97.6 Å². The molecule has 1 saturated carbocycles. The van der Waals surface area contributed by atoms with Crippen molar-refractivity contribution in [1.29, 1.82) is 0 Å². The van der Waals surface area contributed by atoms with Gasteiger partial charge in [0.15, 0.2) is 0 Å². The predicted octanol–water partition coefficient (Wildman–Crippen LogP) is 0.925. The van der Waals surface area contributed by atoms with Crippen LogP contribution in [0.5, 0.6) is 0 Å². The molecule has 4 nitrogen and oxygen atoms in total. The Morgan fingerprint density at radius 3 is 2.50 bits per heavy atom. The summed E-state index contributed by atoms with van der Waals surface area (Å²) in [6.45, 7) is 3.78. The van der Waals surface area contributed by atoms with E-state index in [-0.39, 0.29) is 12.5 Å². The Bertz CT molecular complexity index is 245. The topological polar surface area (TPSA) is 75.4 Å². The molecule has 0 aromatic heterocycles. The normalized spacial score (nSPS) is 22.8. The van der Waals surface area contributed by atoms with E-state index >= 15 is 0 Å². The van der Waals surface area contributed by atoms with Crippen molar-refractivity contribution < 1.29 is 9.90 Å². The maximum Gasteiger partial charge on any atom is 0.240 e. The maximum atomic E-state index is 12.0. The van der Waals surface area contributed by atoms with Crippen LogP contribution in [-0.2, 0) is 4.79 Å². The van der Waals surface area contributed by atoms with Gasteiger partial charge in [-0.15, -0.1) is 0 Å². The molecule has 1 aliphatic rings. The van der Waals surface area contributed by atoms with Crippen molar-refractivity contribution >= 4 is 5.91 Å². The van der Waals surface area contributed by atoms with Gasteiger partial charge in [0.2, 0.25) is 5.91 Å². The van der Waals surface area contributed by atoms with Gasteiger partial charge >= 0.3 is 0 Å². The average molecular weight is 228 g/mol. The first kappa shape index (κ1) is 13.5. The molecule has 1 fully saturated rings. The van der Waals surface area contributed by atoms with Gasteiger partial charge < -0.3 is 16.2 Å². The van der Waals surface area contributed by atoms with Crippen molar-refractivity contribution in [2.45, 2.75) is 63.5 Å². The van der Waals surface area contributed by atoms with Crippen LogP contribution in [0.15, 0.2) is 0 Å². The monoisotopic (exact) mass is 228 g/mol. The molecule has 0 bridgehead atoms. The third-order valence-electron chi connectivity index (χ3n) is 3.53. The van der Waals surface area contributed by atoms with Crippen LogP contribution in [0.3, 0.4) is 0 Å². The smallest absolute Gasteiger partial charge is 0.240 e. The lowest BCUT2D eigenvalue weighted by molar-refractivity contribution is -0.128. The lowest BCUT2D eigenvalue weighted by Crippen LogP contribution is -2.59. The molecular weight excluding hydrogens is 204 g/mol. The highest BCUT2D eigenvalue weighted by molar-refractivity contribution is 5.86. The minimum Gasteiger partial charge on any atom is -0.394 e. The largest absolute Gasteiger partial charge is 0.394 e. The van der Waals surface area contributed by atoms with E-state index < -0.39 is 11.1 Å². The molecule has 1 atom stereocenters. The summed E-state index contributed by atoms with van der Waals surface area (Å²) in [4.78, 5) is 12.0. The number of hydrogen-bond acceptors (Lipinski definition) is 3. The molecule has 0 aromatic carbocycles. The highest BCUT2D eigenvalue weighted by Gasteiger charge is 2.38. The highest BCUT2D eigenvalue weighted by atomic mass is 16.3. The molecular formula is C12H24N2O2. The van der Waals surface area contributed by atoms with Gasteiger partial charge in [0.1, 0.15) is 0 Å². The SMILES string of the molecule is CCCC(C)(N)C(=O)NC1(CO)CCCC1. The van der Waals surface area contributed by atoms with Gasteiger partial charge in [-0.05, 0) is 26.2 Å². The highest BCUT2D eigenvalue weighted by Crippen LogP contribution is 2.29. The van der Waals surface area contributed by atoms with Crippen LogP contribution >= 0.6 is 0 Å². The van der Waals surface area contributed by atoms with Gasteiger partial charge in [-0.25, -0.2) is 0 Å². The van der Waals surface area contributed by atoms with E-state index in [1.54, 1.807) is 6.92 Å². The molecule has 1 aliphatic carbocycles. The molecule has 4 heteroatoms. The molecule has 0 saturated heterocycles. The van der Waals surface area contributed by atoms with E-state index in [4.69, 9.17) is 5.73 Å². The quantitative estimate of drug-likeness (QED) is 0.655. The Hall–Kier alpha value is -0.610. The Balaban J connectivity index is 2.61. The fourth-order valence-electron chi connectivity index (χ4n) is 2.39. The van der Waals surface area contributed by atoms with Crippen LogP contribution in [-0.4, -0.2) is 28.7 Å². The third-order valence-corrected chi connectivity index (χ3v) is 3.53. The number of aliphatic hydroxyl groups is 1. The van der Waals surface area contributed by atoms with Crippen LogP contribution in [0.2, 0.25) is 0 Å². The van der Waals surface area contributed by atoms with Crippen molar-refractivity contribution in [2.24, 2.45) is 5.73 Å². The molecule has 0 aromatic rings. The summed E-state index contributed by atoms with van der Waals surface area (Å²) in [5.74, 6) is -0.134. The molecule has 94 valence electrons. The zero-order valence-corrected chi connectivity index (χ0v) is 10.4. The summed E-state index contributed by atoms with van der Waals surface area (Å²) in [5.41, 5.74) is 4.74. The van der Waals surface area contributed by atoms with Crippen molar-refractivity contribution in [2.75, 3.05) is 6.61 Å². The predicted molar refractivity (Wildman–Crippen MR) is 63.9 cm³/mol. The van der Waals surface area contributed by atoms with E-state index in [0.29, 0.717) is 6.42 Å². The Morgan fingerprint density at radius 1 is 1.50 bits per heavy atom. The number of nitrogens with two attached hydrogens (primary N) is 1. The van der Waals surface area contributed by atoms with E-state index in [2.05, 4.69) is 5.32 Å². The molecule has 0 heterocycles. The van der Waals surface area contributed by atoms with Gasteiger partial charge in [-0.1, -0.05) is 26.2 Å². The van der Waals surface area contributed by atoms with Gasteiger partial charge in [0.25, 0.3) is 0 Å². The number of hydrogen-bond donors (Lipinski definition) is 3. The molecule has 0 radical (unpaired) electrons. The number of nitrogens with one attached hydrogen (secondary N) is 1. The summed E-state index contributed by atoms with van der Waals surface area (Å²) in [6.07, 6.45) is 5.40. The van der Waals surface area contributed by atoms with Crippen molar-refractivity contribution in [3.05, 3.63) is 0 Å². The van der Waals surface area contributed by atoms with E-state index in [9.17, 15) is 9.90 Å². The van der Waals surface area contributed by atoms with Gasteiger partial charge in [0.05, 0.1) is 17.7 Å². The molecule has 16 heavy (non-hydrogen) atoms. The first-order valence-corrected chi connectivity index (χ1v) is 6.18. The second-order valence-corrected chi connectivity index (χ2v) is 5.27. The Morgan fingerprint density at radius 2 is 2.06 bits per heavy atom. The summed E-state index contributed by atoms with van der Waals surface area (Å²) in [6, 6.07) is 0. The number of carbonyl (C=O) groups is 1. The van der Waals surface area contributed by atoms with Crippen molar-refractivity contribution in [1.82, 2.24) is 5.32 Å². The van der Waals surface area contributed by atoms with Crippen LogP contribution in [0.4, 0.5) is 0 Å². The Kier molecular flexibility index (Phi) is 4.33. The van der Waals surface area contributed by atoms with Crippen molar-refractivity contribution in [3.63, 3.8) is 0 Å². The van der Waals surface area contributed by atoms with Crippen molar-refractivity contribution in [3.8, 4) is 0 Å². The second kappa shape index (κ2) is 5.15. The zero-order valence-electron chi connectivity index (χ0n) is 10.4. The summed E-state index contributed by atoms with van der Waals surface area (Å²) in [5, 5.41) is 12.4.